The highest BCUT2D eigenvalue weighted by atomic mass is 16.1. The molecule has 1 nitrogen and oxygen atoms in total. The number of carbonyl (C=O) groups is 1. The van der Waals surface area contributed by atoms with Gasteiger partial charge in [-0.2, -0.15) is 0 Å². The van der Waals surface area contributed by atoms with Crippen LogP contribution in [0.2, 0.25) is 0 Å². The molecule has 0 aromatic heterocycles. The van der Waals surface area contributed by atoms with Gasteiger partial charge in [-0.3, -0.25) is 4.79 Å². The van der Waals surface area contributed by atoms with Crippen molar-refractivity contribution in [2.24, 2.45) is 11.3 Å². The molecule has 0 amide bonds. The Morgan fingerprint density at radius 1 is 1.53 bits per heavy atom. The van der Waals surface area contributed by atoms with E-state index in [2.05, 4.69) is 26.5 Å². The van der Waals surface area contributed by atoms with Crippen molar-refractivity contribution < 1.29 is 4.79 Å². The summed E-state index contributed by atoms with van der Waals surface area (Å²) >= 11 is 0. The lowest BCUT2D eigenvalue weighted by Crippen LogP contribution is -2.21. The molecule has 0 aliphatic heterocycles. The molecule has 0 radical (unpaired) electrons. The number of carbonyl (C=O) groups excluding carboxylic acids is 1. The Morgan fingerprint density at radius 3 is 2.80 bits per heavy atom. The Labute approximate surface area is 93.3 Å². The third-order valence-electron chi connectivity index (χ3n) is 3.43. The van der Waals surface area contributed by atoms with Crippen LogP contribution in [-0.4, -0.2) is 5.78 Å². The molecular weight excluding hydrogens is 184 g/mol. The number of allylic oxidation sites excluding steroid dienone is 3. The van der Waals surface area contributed by atoms with Gasteiger partial charge in [0.1, 0.15) is 0 Å². The molecule has 84 valence electrons. The van der Waals surface area contributed by atoms with Gasteiger partial charge >= 0.3 is 0 Å². The van der Waals surface area contributed by atoms with E-state index >= 15 is 0 Å². The first-order chi connectivity index (χ1) is 6.92. The van der Waals surface area contributed by atoms with Crippen molar-refractivity contribution in [3.8, 4) is 0 Å². The van der Waals surface area contributed by atoms with Crippen LogP contribution in [0, 0.1) is 11.3 Å². The van der Waals surface area contributed by atoms with Crippen LogP contribution in [0.25, 0.3) is 0 Å². The lowest BCUT2D eigenvalue weighted by atomic mass is 9.75. The molecule has 1 saturated carbocycles. The molecule has 0 spiro atoms. The summed E-state index contributed by atoms with van der Waals surface area (Å²) in [6.07, 6.45) is 8.43. The van der Waals surface area contributed by atoms with Gasteiger partial charge in [0, 0.05) is 0 Å². The van der Waals surface area contributed by atoms with E-state index in [-0.39, 0.29) is 5.78 Å². The fourth-order valence-electron chi connectivity index (χ4n) is 2.25. The van der Waals surface area contributed by atoms with Crippen LogP contribution in [0.4, 0.5) is 0 Å². The van der Waals surface area contributed by atoms with Crippen molar-refractivity contribution in [1.29, 1.82) is 0 Å². The van der Waals surface area contributed by atoms with Crippen molar-refractivity contribution in [1.82, 2.24) is 0 Å². The first-order valence-corrected chi connectivity index (χ1v) is 5.77. The van der Waals surface area contributed by atoms with E-state index in [1.807, 2.05) is 0 Å². The molecule has 1 rings (SSSR count). The normalized spacial score (nSPS) is 26.6. The predicted octanol–water partition coefficient (Wildman–Crippen LogP) is 3.90. The minimum atomic E-state index is 0.139. The quantitative estimate of drug-likeness (QED) is 0.380. The van der Waals surface area contributed by atoms with Gasteiger partial charge in [-0.1, -0.05) is 32.1 Å². The largest absolute Gasteiger partial charge is 0.295 e. The zero-order valence-corrected chi connectivity index (χ0v) is 10.2. The van der Waals surface area contributed by atoms with Crippen LogP contribution in [0.5, 0.6) is 0 Å². The standard InChI is InChI=1S/C14H22O/c1-11-6-5-9-14(3,4)13(10-11)8-7-12(2)15/h7-8,13H,1,5-6,9-10H2,2-4H3/b8-7+. The van der Waals surface area contributed by atoms with Gasteiger partial charge in [0.25, 0.3) is 0 Å². The maximum atomic E-state index is 11.0. The van der Waals surface area contributed by atoms with E-state index in [4.69, 9.17) is 0 Å². The minimum absolute atomic E-state index is 0.139. The van der Waals surface area contributed by atoms with Crippen LogP contribution < -0.4 is 0 Å². The molecule has 0 aromatic rings. The van der Waals surface area contributed by atoms with E-state index in [1.165, 1.54) is 18.4 Å². The van der Waals surface area contributed by atoms with Crippen LogP contribution in [0.3, 0.4) is 0 Å². The molecular formula is C14H22O. The second-order valence-corrected chi connectivity index (χ2v) is 5.37. The second-order valence-electron chi connectivity index (χ2n) is 5.37. The molecule has 0 aromatic carbocycles. The summed E-state index contributed by atoms with van der Waals surface area (Å²) < 4.78 is 0. The van der Waals surface area contributed by atoms with Gasteiger partial charge in [0.05, 0.1) is 0 Å². The molecule has 1 unspecified atom stereocenters. The first-order valence-electron chi connectivity index (χ1n) is 5.77. The van der Waals surface area contributed by atoms with E-state index < -0.39 is 0 Å². The van der Waals surface area contributed by atoms with Gasteiger partial charge in [0.15, 0.2) is 5.78 Å². The molecule has 0 N–H and O–H groups in total. The average molecular weight is 206 g/mol. The highest BCUT2D eigenvalue weighted by Crippen LogP contribution is 2.41. The fourth-order valence-corrected chi connectivity index (χ4v) is 2.25. The summed E-state index contributed by atoms with van der Waals surface area (Å²) in [5.74, 6) is 0.608. The highest BCUT2D eigenvalue weighted by Gasteiger charge is 2.29. The molecule has 0 heterocycles. The summed E-state index contributed by atoms with van der Waals surface area (Å²) in [5, 5.41) is 0. The lowest BCUT2D eigenvalue weighted by Gasteiger charge is -2.30. The van der Waals surface area contributed by atoms with Crippen molar-refractivity contribution in [3.05, 3.63) is 24.3 Å². The second kappa shape index (κ2) is 4.78. The molecule has 1 fully saturated rings. The fraction of sp³-hybridized carbons (Fsp3) is 0.643. The summed E-state index contributed by atoms with van der Waals surface area (Å²) in [5.41, 5.74) is 1.63. The summed E-state index contributed by atoms with van der Waals surface area (Å²) in [4.78, 5) is 11.0. The van der Waals surface area contributed by atoms with E-state index in [0.717, 1.165) is 12.8 Å². The van der Waals surface area contributed by atoms with Gasteiger partial charge < -0.3 is 0 Å². The van der Waals surface area contributed by atoms with E-state index in [1.54, 1.807) is 13.0 Å². The maximum Gasteiger partial charge on any atom is 0.152 e. The number of hydrogen-bond donors (Lipinski definition) is 0. The van der Waals surface area contributed by atoms with E-state index in [0.29, 0.717) is 11.3 Å². The van der Waals surface area contributed by atoms with Crippen molar-refractivity contribution >= 4 is 5.78 Å². The zero-order chi connectivity index (χ0) is 11.5. The summed E-state index contributed by atoms with van der Waals surface area (Å²) in [6, 6.07) is 0. The zero-order valence-electron chi connectivity index (χ0n) is 10.2. The third-order valence-corrected chi connectivity index (χ3v) is 3.43. The van der Waals surface area contributed by atoms with Gasteiger partial charge in [-0.05, 0) is 50.0 Å². The van der Waals surface area contributed by atoms with Gasteiger partial charge in [0.2, 0.25) is 0 Å². The van der Waals surface area contributed by atoms with Crippen LogP contribution in [-0.2, 0) is 4.79 Å². The monoisotopic (exact) mass is 206 g/mol. The van der Waals surface area contributed by atoms with Gasteiger partial charge in [-0.15, -0.1) is 0 Å². The Morgan fingerprint density at radius 2 is 2.20 bits per heavy atom. The Balaban J connectivity index is 2.79. The van der Waals surface area contributed by atoms with Crippen molar-refractivity contribution in [2.45, 2.75) is 46.5 Å². The van der Waals surface area contributed by atoms with E-state index in [9.17, 15) is 4.79 Å². The molecule has 1 aliphatic rings. The molecule has 1 heteroatoms. The molecule has 0 bridgehead atoms. The number of rotatable bonds is 2. The van der Waals surface area contributed by atoms with Gasteiger partial charge in [-0.25, -0.2) is 0 Å². The lowest BCUT2D eigenvalue weighted by molar-refractivity contribution is -0.112. The van der Waals surface area contributed by atoms with Crippen LogP contribution >= 0.6 is 0 Å². The number of hydrogen-bond acceptors (Lipinski definition) is 1. The maximum absolute atomic E-state index is 11.0. The van der Waals surface area contributed by atoms with Crippen molar-refractivity contribution in [2.75, 3.05) is 0 Å². The smallest absolute Gasteiger partial charge is 0.152 e. The third kappa shape index (κ3) is 3.65. The Hall–Kier alpha value is -0.850. The summed E-state index contributed by atoms with van der Waals surface area (Å²) in [6.45, 7) is 10.3. The summed E-state index contributed by atoms with van der Waals surface area (Å²) in [7, 11) is 0. The molecule has 1 aliphatic carbocycles. The molecule has 15 heavy (non-hydrogen) atoms. The van der Waals surface area contributed by atoms with Crippen molar-refractivity contribution in [3.63, 3.8) is 0 Å². The number of ketones is 1. The van der Waals surface area contributed by atoms with Crippen LogP contribution in [0.15, 0.2) is 24.3 Å². The minimum Gasteiger partial charge on any atom is -0.295 e. The highest BCUT2D eigenvalue weighted by molar-refractivity contribution is 5.87. The molecule has 1 atom stereocenters. The SMILES string of the molecule is C=C1CCCC(C)(C)C(/C=C/C(C)=O)C1. The Kier molecular flexibility index (Phi) is 3.90. The molecule has 0 saturated heterocycles. The first kappa shape index (κ1) is 12.2. The average Bonchev–Trinajstić information content (AvgIpc) is 2.22. The Bertz CT molecular complexity index is 284. The predicted molar refractivity (Wildman–Crippen MR) is 64.7 cm³/mol. The van der Waals surface area contributed by atoms with Crippen LogP contribution in [0.1, 0.15) is 46.5 Å². The topological polar surface area (TPSA) is 17.1 Å².